The molecule has 0 saturated carbocycles. The second-order valence-electron chi connectivity index (χ2n) is 4.48. The Labute approximate surface area is 92.6 Å². The lowest BCUT2D eigenvalue weighted by molar-refractivity contribution is -0.0628. The Balaban J connectivity index is 3.17. The van der Waals surface area contributed by atoms with Crippen molar-refractivity contribution in [1.29, 1.82) is 0 Å². The SMILES string of the molecule is CNC(C)(C)C(C)(OC)c1ccccc1. The van der Waals surface area contributed by atoms with Gasteiger partial charge in [0.05, 0.1) is 0 Å². The fourth-order valence-electron chi connectivity index (χ4n) is 1.73. The van der Waals surface area contributed by atoms with Crippen molar-refractivity contribution in [3.05, 3.63) is 35.9 Å². The third-order valence-corrected chi connectivity index (χ3v) is 3.55. The van der Waals surface area contributed by atoms with Gasteiger partial charge in [0.25, 0.3) is 0 Å². The second-order valence-corrected chi connectivity index (χ2v) is 4.48. The molecule has 84 valence electrons. The number of methoxy groups -OCH3 is 1. The normalized spacial score (nSPS) is 16.1. The largest absolute Gasteiger partial charge is 0.372 e. The first kappa shape index (κ1) is 12.2. The van der Waals surface area contributed by atoms with E-state index in [0.717, 1.165) is 0 Å². The summed E-state index contributed by atoms with van der Waals surface area (Å²) >= 11 is 0. The van der Waals surface area contributed by atoms with Crippen LogP contribution in [0.15, 0.2) is 30.3 Å². The lowest BCUT2D eigenvalue weighted by Crippen LogP contribution is -2.55. The first-order valence-electron chi connectivity index (χ1n) is 5.27. The van der Waals surface area contributed by atoms with E-state index in [4.69, 9.17) is 4.74 Å². The molecular weight excluding hydrogens is 186 g/mol. The van der Waals surface area contributed by atoms with Crippen LogP contribution in [0.1, 0.15) is 26.3 Å². The van der Waals surface area contributed by atoms with Crippen molar-refractivity contribution in [3.8, 4) is 0 Å². The first-order chi connectivity index (χ1) is 6.98. The zero-order valence-corrected chi connectivity index (χ0v) is 10.3. The minimum atomic E-state index is -0.330. The van der Waals surface area contributed by atoms with Gasteiger partial charge in [-0.2, -0.15) is 0 Å². The van der Waals surface area contributed by atoms with E-state index in [1.54, 1.807) is 7.11 Å². The van der Waals surface area contributed by atoms with Crippen molar-refractivity contribution in [2.24, 2.45) is 0 Å². The van der Waals surface area contributed by atoms with Gasteiger partial charge in [-0.3, -0.25) is 0 Å². The summed E-state index contributed by atoms with van der Waals surface area (Å²) in [4.78, 5) is 0. The number of hydrogen-bond donors (Lipinski definition) is 1. The average Bonchev–Trinajstić information content (AvgIpc) is 2.29. The highest BCUT2D eigenvalue weighted by molar-refractivity contribution is 5.26. The summed E-state index contributed by atoms with van der Waals surface area (Å²) in [6.45, 7) is 6.39. The number of nitrogens with one attached hydrogen (secondary N) is 1. The third kappa shape index (κ3) is 2.06. The fourth-order valence-corrected chi connectivity index (χ4v) is 1.73. The van der Waals surface area contributed by atoms with Crippen LogP contribution in [-0.2, 0) is 10.3 Å². The van der Waals surface area contributed by atoms with Gasteiger partial charge in [-0.15, -0.1) is 0 Å². The zero-order valence-electron chi connectivity index (χ0n) is 10.3. The molecule has 0 saturated heterocycles. The van der Waals surface area contributed by atoms with Gasteiger partial charge in [-0.25, -0.2) is 0 Å². The van der Waals surface area contributed by atoms with Crippen LogP contribution in [0.25, 0.3) is 0 Å². The van der Waals surface area contributed by atoms with Crippen LogP contribution in [0.5, 0.6) is 0 Å². The van der Waals surface area contributed by atoms with E-state index < -0.39 is 0 Å². The van der Waals surface area contributed by atoms with E-state index in [-0.39, 0.29) is 11.1 Å². The molecule has 2 nitrogen and oxygen atoms in total. The smallest absolute Gasteiger partial charge is 0.107 e. The number of hydrogen-bond acceptors (Lipinski definition) is 2. The van der Waals surface area contributed by atoms with E-state index in [9.17, 15) is 0 Å². The van der Waals surface area contributed by atoms with Crippen molar-refractivity contribution in [3.63, 3.8) is 0 Å². The van der Waals surface area contributed by atoms with Gasteiger partial charge < -0.3 is 10.1 Å². The van der Waals surface area contributed by atoms with E-state index in [1.165, 1.54) is 5.56 Å². The molecule has 2 heteroatoms. The molecule has 0 fully saturated rings. The summed E-state index contributed by atoms with van der Waals surface area (Å²) in [5.41, 5.74) is 0.735. The topological polar surface area (TPSA) is 21.3 Å². The van der Waals surface area contributed by atoms with Crippen LogP contribution >= 0.6 is 0 Å². The van der Waals surface area contributed by atoms with Gasteiger partial charge in [0.15, 0.2) is 0 Å². The molecule has 1 aromatic rings. The highest BCUT2D eigenvalue weighted by Crippen LogP contribution is 2.35. The molecule has 0 heterocycles. The molecule has 1 atom stereocenters. The Bertz CT molecular complexity index is 308. The summed E-state index contributed by atoms with van der Waals surface area (Å²) in [6.07, 6.45) is 0. The first-order valence-corrected chi connectivity index (χ1v) is 5.27. The molecule has 0 amide bonds. The minimum absolute atomic E-state index is 0.122. The van der Waals surface area contributed by atoms with Crippen LogP contribution in [0.4, 0.5) is 0 Å². The van der Waals surface area contributed by atoms with Crippen LogP contribution in [0.2, 0.25) is 0 Å². The van der Waals surface area contributed by atoms with Gasteiger partial charge in [0.1, 0.15) is 5.60 Å². The van der Waals surface area contributed by atoms with Crippen molar-refractivity contribution in [1.82, 2.24) is 5.32 Å². The molecule has 15 heavy (non-hydrogen) atoms. The van der Waals surface area contributed by atoms with E-state index in [2.05, 4.69) is 38.2 Å². The Hall–Kier alpha value is -0.860. The van der Waals surface area contributed by atoms with Gasteiger partial charge in [0, 0.05) is 12.6 Å². The summed E-state index contributed by atoms with van der Waals surface area (Å²) < 4.78 is 5.72. The molecule has 1 aromatic carbocycles. The number of rotatable bonds is 4. The second kappa shape index (κ2) is 4.33. The molecule has 0 radical (unpaired) electrons. The van der Waals surface area contributed by atoms with Crippen molar-refractivity contribution < 1.29 is 4.74 Å². The molecular formula is C13H21NO. The Morgan fingerprint density at radius 1 is 1.07 bits per heavy atom. The lowest BCUT2D eigenvalue weighted by atomic mass is 9.78. The average molecular weight is 207 g/mol. The molecule has 0 aliphatic carbocycles. The highest BCUT2D eigenvalue weighted by atomic mass is 16.5. The summed E-state index contributed by atoms with van der Waals surface area (Å²) in [5, 5.41) is 3.31. The van der Waals surface area contributed by atoms with Gasteiger partial charge >= 0.3 is 0 Å². The van der Waals surface area contributed by atoms with Crippen LogP contribution in [0, 0.1) is 0 Å². The molecule has 1 rings (SSSR count). The predicted molar refractivity (Wildman–Crippen MR) is 63.9 cm³/mol. The maximum absolute atomic E-state index is 5.72. The quantitative estimate of drug-likeness (QED) is 0.819. The highest BCUT2D eigenvalue weighted by Gasteiger charge is 2.41. The van der Waals surface area contributed by atoms with Gasteiger partial charge in [-0.1, -0.05) is 30.3 Å². The molecule has 1 unspecified atom stereocenters. The number of benzene rings is 1. The lowest BCUT2D eigenvalue weighted by Gasteiger charge is -2.43. The number of ether oxygens (including phenoxy) is 1. The molecule has 0 aliphatic rings. The van der Waals surface area contributed by atoms with E-state index in [1.807, 2.05) is 25.2 Å². The van der Waals surface area contributed by atoms with Crippen LogP contribution in [-0.4, -0.2) is 19.7 Å². The van der Waals surface area contributed by atoms with Crippen molar-refractivity contribution in [2.75, 3.05) is 14.2 Å². The Kier molecular flexibility index (Phi) is 3.53. The maximum atomic E-state index is 5.72. The van der Waals surface area contributed by atoms with E-state index in [0.29, 0.717) is 0 Å². The van der Waals surface area contributed by atoms with Crippen LogP contribution < -0.4 is 5.32 Å². The Morgan fingerprint density at radius 3 is 2.00 bits per heavy atom. The van der Waals surface area contributed by atoms with Gasteiger partial charge in [0.2, 0.25) is 0 Å². The van der Waals surface area contributed by atoms with E-state index >= 15 is 0 Å². The van der Waals surface area contributed by atoms with Crippen molar-refractivity contribution in [2.45, 2.75) is 31.9 Å². The van der Waals surface area contributed by atoms with Crippen molar-refractivity contribution >= 4 is 0 Å². The standard InChI is InChI=1S/C13H21NO/c1-12(2,14-4)13(3,15-5)11-9-7-6-8-10-11/h6-10,14H,1-5H3. The van der Waals surface area contributed by atoms with Crippen LogP contribution in [0.3, 0.4) is 0 Å². The zero-order chi connectivity index (χ0) is 11.5. The molecule has 0 aromatic heterocycles. The summed E-state index contributed by atoms with van der Waals surface area (Å²) in [6, 6.07) is 10.3. The van der Waals surface area contributed by atoms with Gasteiger partial charge in [-0.05, 0) is 33.4 Å². The third-order valence-electron chi connectivity index (χ3n) is 3.55. The molecule has 0 aliphatic heterocycles. The Morgan fingerprint density at radius 2 is 1.60 bits per heavy atom. The monoisotopic (exact) mass is 207 g/mol. The summed E-state index contributed by atoms with van der Waals surface area (Å²) in [5.74, 6) is 0. The minimum Gasteiger partial charge on any atom is -0.372 e. The summed E-state index contributed by atoms with van der Waals surface area (Å²) in [7, 11) is 3.71. The fraction of sp³-hybridized carbons (Fsp3) is 0.538. The molecule has 0 spiro atoms. The molecule has 1 N–H and O–H groups in total. The molecule has 0 bridgehead atoms. The maximum Gasteiger partial charge on any atom is 0.107 e. The predicted octanol–water partition coefficient (Wildman–Crippen LogP) is 2.55. The number of likely N-dealkylation sites (N-methyl/N-ethyl adjacent to an activating group) is 1.